The first-order valence-electron chi connectivity index (χ1n) is 11.4. The predicted octanol–water partition coefficient (Wildman–Crippen LogP) is 5.35. The molecular weight excluding hydrogens is 332 g/mol. The van der Waals surface area contributed by atoms with Crippen LogP contribution in [0.15, 0.2) is 24.3 Å². The lowest BCUT2D eigenvalue weighted by Crippen LogP contribution is -2.54. The summed E-state index contributed by atoms with van der Waals surface area (Å²) in [4.78, 5) is 17.1. The van der Waals surface area contributed by atoms with Crippen LogP contribution in [0.5, 0.6) is 0 Å². The summed E-state index contributed by atoms with van der Waals surface area (Å²) >= 11 is 0. The topological polar surface area (TPSA) is 23.6 Å². The Balaban J connectivity index is 1.34. The summed E-state index contributed by atoms with van der Waals surface area (Å²) in [5.41, 5.74) is 2.82. The van der Waals surface area contributed by atoms with E-state index in [4.69, 9.17) is 0 Å². The van der Waals surface area contributed by atoms with Crippen molar-refractivity contribution in [2.45, 2.75) is 83.6 Å². The Hall–Kier alpha value is -1.35. The third-order valence-electron chi connectivity index (χ3n) is 6.35. The summed E-state index contributed by atoms with van der Waals surface area (Å²) in [6, 6.07) is 8.98. The number of nitrogens with zero attached hydrogens (tertiary/aromatic N) is 2. The van der Waals surface area contributed by atoms with Gasteiger partial charge >= 0.3 is 0 Å². The van der Waals surface area contributed by atoms with Gasteiger partial charge in [-0.3, -0.25) is 9.69 Å². The Morgan fingerprint density at radius 3 is 2.33 bits per heavy atom. The van der Waals surface area contributed by atoms with Crippen molar-refractivity contribution in [3.05, 3.63) is 35.4 Å². The molecule has 0 bridgehead atoms. The van der Waals surface area contributed by atoms with Crippen LogP contribution < -0.4 is 0 Å². The van der Waals surface area contributed by atoms with E-state index in [0.717, 1.165) is 26.1 Å². The molecule has 1 aromatic rings. The molecule has 2 heterocycles. The van der Waals surface area contributed by atoms with Gasteiger partial charge < -0.3 is 4.90 Å². The summed E-state index contributed by atoms with van der Waals surface area (Å²) in [6.07, 6.45) is 14.7. The normalized spacial score (nSPS) is 19.8. The van der Waals surface area contributed by atoms with Gasteiger partial charge in [-0.1, -0.05) is 89.0 Å². The fourth-order valence-electron chi connectivity index (χ4n) is 4.73. The number of amides is 1. The minimum absolute atomic E-state index is 0.277. The third-order valence-corrected chi connectivity index (χ3v) is 6.35. The second-order valence-corrected chi connectivity index (χ2v) is 8.47. The number of fused-ring (bicyclic) bond motifs is 3. The van der Waals surface area contributed by atoms with Crippen molar-refractivity contribution in [1.29, 1.82) is 0 Å². The molecule has 0 aromatic heterocycles. The van der Waals surface area contributed by atoms with Gasteiger partial charge in [-0.05, 0) is 30.5 Å². The van der Waals surface area contributed by atoms with Gasteiger partial charge in [0.1, 0.15) is 0 Å². The summed E-state index contributed by atoms with van der Waals surface area (Å²) < 4.78 is 0. The molecule has 1 amide bonds. The van der Waals surface area contributed by atoms with Gasteiger partial charge in [0.25, 0.3) is 0 Å². The number of carbonyl (C=O) groups is 1. The van der Waals surface area contributed by atoms with E-state index in [2.05, 4.69) is 41.0 Å². The van der Waals surface area contributed by atoms with Gasteiger partial charge in [0, 0.05) is 13.1 Å². The lowest BCUT2D eigenvalue weighted by Gasteiger charge is -2.44. The van der Waals surface area contributed by atoms with Crippen molar-refractivity contribution in [2.75, 3.05) is 26.2 Å². The Labute approximate surface area is 166 Å². The zero-order valence-corrected chi connectivity index (χ0v) is 17.3. The Morgan fingerprint density at radius 2 is 1.59 bits per heavy atom. The van der Waals surface area contributed by atoms with Crippen LogP contribution in [0.4, 0.5) is 0 Å². The van der Waals surface area contributed by atoms with E-state index in [1.807, 2.05) is 0 Å². The quantitative estimate of drug-likeness (QED) is 0.490. The molecule has 0 aliphatic carbocycles. The van der Waals surface area contributed by atoms with E-state index in [-0.39, 0.29) is 6.04 Å². The zero-order valence-electron chi connectivity index (χ0n) is 17.3. The number of unbranched alkanes of at least 4 members (excludes halogenated alkanes) is 9. The first-order valence-corrected chi connectivity index (χ1v) is 11.4. The van der Waals surface area contributed by atoms with Crippen LogP contribution in [-0.2, 0) is 11.2 Å². The molecule has 1 unspecified atom stereocenters. The van der Waals surface area contributed by atoms with Crippen molar-refractivity contribution >= 4 is 5.91 Å². The monoisotopic (exact) mass is 370 g/mol. The van der Waals surface area contributed by atoms with Crippen LogP contribution in [0.25, 0.3) is 0 Å². The second-order valence-electron chi connectivity index (χ2n) is 8.47. The SMILES string of the molecule is CCCCCCCCCCCCN1CC(=O)N2CCc3ccccc3C2C1. The molecule has 1 atom stereocenters. The van der Waals surface area contributed by atoms with E-state index < -0.39 is 0 Å². The largest absolute Gasteiger partial charge is 0.333 e. The van der Waals surface area contributed by atoms with E-state index >= 15 is 0 Å². The lowest BCUT2D eigenvalue weighted by atomic mass is 9.90. The number of piperazine rings is 1. The maximum atomic E-state index is 12.6. The van der Waals surface area contributed by atoms with Crippen LogP contribution in [-0.4, -0.2) is 41.9 Å². The smallest absolute Gasteiger partial charge is 0.237 e. The molecule has 27 heavy (non-hydrogen) atoms. The molecule has 3 rings (SSSR count). The minimum atomic E-state index is 0.277. The maximum Gasteiger partial charge on any atom is 0.237 e. The van der Waals surface area contributed by atoms with Crippen LogP contribution in [0.3, 0.4) is 0 Å². The number of hydrogen-bond donors (Lipinski definition) is 0. The van der Waals surface area contributed by atoms with E-state index in [0.29, 0.717) is 12.5 Å². The number of carbonyl (C=O) groups excluding carboxylic acids is 1. The van der Waals surface area contributed by atoms with Crippen molar-refractivity contribution < 1.29 is 4.79 Å². The number of benzene rings is 1. The highest BCUT2D eigenvalue weighted by Crippen LogP contribution is 2.33. The van der Waals surface area contributed by atoms with Crippen molar-refractivity contribution in [3.8, 4) is 0 Å². The Bertz CT molecular complexity index is 585. The Kier molecular flexibility index (Phi) is 8.19. The fourth-order valence-corrected chi connectivity index (χ4v) is 4.73. The summed E-state index contributed by atoms with van der Waals surface area (Å²) in [6.45, 7) is 5.89. The highest BCUT2D eigenvalue weighted by Gasteiger charge is 2.36. The number of rotatable bonds is 11. The standard InChI is InChI=1S/C24H38N2O/c1-2-3-4-5-6-7-8-9-10-13-17-25-19-23-22-15-12-11-14-21(22)16-18-26(23)24(27)20-25/h11-12,14-15,23H,2-10,13,16-20H2,1H3. The first kappa shape index (κ1) is 20.4. The molecule has 1 fully saturated rings. The number of hydrogen-bond acceptors (Lipinski definition) is 2. The van der Waals surface area contributed by atoms with Crippen molar-refractivity contribution in [1.82, 2.24) is 9.80 Å². The third kappa shape index (κ3) is 5.81. The Morgan fingerprint density at radius 1 is 0.926 bits per heavy atom. The van der Waals surface area contributed by atoms with Crippen LogP contribution in [0, 0.1) is 0 Å². The van der Waals surface area contributed by atoms with Gasteiger partial charge in [0.05, 0.1) is 12.6 Å². The molecule has 3 nitrogen and oxygen atoms in total. The molecule has 0 spiro atoms. The van der Waals surface area contributed by atoms with Gasteiger partial charge in [0.15, 0.2) is 0 Å². The van der Waals surface area contributed by atoms with Crippen LogP contribution in [0.2, 0.25) is 0 Å². The maximum absolute atomic E-state index is 12.6. The molecule has 0 radical (unpaired) electrons. The molecule has 0 saturated carbocycles. The van der Waals surface area contributed by atoms with Crippen molar-refractivity contribution in [2.24, 2.45) is 0 Å². The van der Waals surface area contributed by atoms with Crippen LogP contribution >= 0.6 is 0 Å². The first-order chi connectivity index (χ1) is 13.3. The van der Waals surface area contributed by atoms with Crippen LogP contribution in [0.1, 0.15) is 88.3 Å². The second kappa shape index (κ2) is 10.8. The van der Waals surface area contributed by atoms with Gasteiger partial charge in [-0.25, -0.2) is 0 Å². The average Bonchev–Trinajstić information content (AvgIpc) is 2.69. The molecule has 2 aliphatic rings. The van der Waals surface area contributed by atoms with E-state index in [1.54, 1.807) is 0 Å². The van der Waals surface area contributed by atoms with Crippen molar-refractivity contribution in [3.63, 3.8) is 0 Å². The molecular formula is C24H38N2O. The zero-order chi connectivity index (χ0) is 18.9. The summed E-state index contributed by atoms with van der Waals surface area (Å²) in [5.74, 6) is 0.327. The minimum Gasteiger partial charge on any atom is -0.333 e. The highest BCUT2D eigenvalue weighted by atomic mass is 16.2. The van der Waals surface area contributed by atoms with Gasteiger partial charge in [0.2, 0.25) is 5.91 Å². The molecule has 150 valence electrons. The molecule has 1 saturated heterocycles. The average molecular weight is 371 g/mol. The fraction of sp³-hybridized carbons (Fsp3) is 0.708. The van der Waals surface area contributed by atoms with Gasteiger partial charge in [-0.2, -0.15) is 0 Å². The molecule has 0 N–H and O–H groups in total. The lowest BCUT2D eigenvalue weighted by molar-refractivity contribution is -0.140. The molecule has 1 aromatic carbocycles. The summed E-state index contributed by atoms with van der Waals surface area (Å²) in [5, 5.41) is 0. The van der Waals surface area contributed by atoms with E-state index in [1.165, 1.54) is 75.3 Å². The predicted molar refractivity (Wildman–Crippen MR) is 113 cm³/mol. The molecule has 2 aliphatic heterocycles. The molecule has 3 heteroatoms. The summed E-state index contributed by atoms with van der Waals surface area (Å²) in [7, 11) is 0. The van der Waals surface area contributed by atoms with Gasteiger partial charge in [-0.15, -0.1) is 0 Å². The highest BCUT2D eigenvalue weighted by molar-refractivity contribution is 5.80. The van der Waals surface area contributed by atoms with E-state index in [9.17, 15) is 4.79 Å².